The van der Waals surface area contributed by atoms with Gasteiger partial charge in [0, 0.05) is 4.88 Å². The third kappa shape index (κ3) is 4.51. The van der Waals surface area contributed by atoms with Crippen molar-refractivity contribution in [1.29, 1.82) is 0 Å². The van der Waals surface area contributed by atoms with Crippen LogP contribution in [0.25, 0.3) is 0 Å². The minimum Gasteiger partial charge on any atom is -0.370 e. The second-order valence-electron chi connectivity index (χ2n) is 3.46. The van der Waals surface area contributed by atoms with E-state index in [-0.39, 0.29) is 12.6 Å². The molecule has 0 aliphatic heterocycles. The lowest BCUT2D eigenvalue weighted by atomic mass is 10.1. The summed E-state index contributed by atoms with van der Waals surface area (Å²) in [5.41, 5.74) is 0.965. The Morgan fingerprint density at radius 1 is 1.50 bits per heavy atom. The number of ether oxygens (including phenoxy) is 1. The van der Waals surface area contributed by atoms with Crippen LogP contribution in [0.1, 0.15) is 16.5 Å². The minimum absolute atomic E-state index is 0.0200. The van der Waals surface area contributed by atoms with Crippen molar-refractivity contribution in [2.45, 2.75) is 19.1 Å². The molecule has 1 heterocycles. The molecule has 0 amide bonds. The van der Waals surface area contributed by atoms with Gasteiger partial charge >= 0.3 is 6.18 Å². The number of hydrogen-bond donors (Lipinski definition) is 1. The predicted octanol–water partition coefficient (Wildman–Crippen LogP) is 2.90. The number of nitrogens with one attached hydrogen (secondary N) is 1. The van der Waals surface area contributed by atoms with Gasteiger partial charge in [-0.15, -0.1) is 11.3 Å². The van der Waals surface area contributed by atoms with Crippen LogP contribution >= 0.6 is 11.3 Å². The van der Waals surface area contributed by atoms with Crippen molar-refractivity contribution in [3.63, 3.8) is 0 Å². The monoisotopic (exact) mass is 253 g/mol. The van der Waals surface area contributed by atoms with Gasteiger partial charge in [0.05, 0.1) is 12.6 Å². The average Bonchev–Trinajstić information content (AvgIpc) is 2.58. The maximum atomic E-state index is 11.9. The molecule has 0 saturated carbocycles. The molecule has 6 heteroatoms. The molecule has 0 aromatic carbocycles. The Hall–Kier alpha value is -0.590. The van der Waals surface area contributed by atoms with Crippen molar-refractivity contribution in [3.05, 3.63) is 21.9 Å². The van der Waals surface area contributed by atoms with Gasteiger partial charge in [-0.2, -0.15) is 13.2 Å². The molecule has 2 nitrogen and oxygen atoms in total. The molecule has 92 valence electrons. The molecule has 0 aliphatic rings. The van der Waals surface area contributed by atoms with E-state index < -0.39 is 12.8 Å². The number of aryl methyl sites for hydroxylation is 1. The van der Waals surface area contributed by atoms with E-state index in [9.17, 15) is 13.2 Å². The molecule has 0 fully saturated rings. The zero-order chi connectivity index (χ0) is 12.2. The molecule has 0 radical (unpaired) electrons. The fourth-order valence-corrected chi connectivity index (χ4v) is 2.04. The largest absolute Gasteiger partial charge is 0.411 e. The zero-order valence-electron chi connectivity index (χ0n) is 9.10. The van der Waals surface area contributed by atoms with E-state index in [1.54, 1.807) is 18.4 Å². The van der Waals surface area contributed by atoms with E-state index in [2.05, 4.69) is 10.1 Å². The second-order valence-corrected chi connectivity index (χ2v) is 4.58. The second kappa shape index (κ2) is 5.65. The highest BCUT2D eigenvalue weighted by Crippen LogP contribution is 2.21. The first kappa shape index (κ1) is 13.5. The lowest BCUT2D eigenvalue weighted by Crippen LogP contribution is -2.25. The molecule has 1 N–H and O–H groups in total. The lowest BCUT2D eigenvalue weighted by molar-refractivity contribution is -0.175. The van der Waals surface area contributed by atoms with Crippen molar-refractivity contribution in [2.24, 2.45) is 0 Å². The number of thiophene rings is 1. The summed E-state index contributed by atoms with van der Waals surface area (Å²) in [4.78, 5) is 1.13. The zero-order valence-corrected chi connectivity index (χ0v) is 9.91. The van der Waals surface area contributed by atoms with Gasteiger partial charge in [-0.25, -0.2) is 0 Å². The average molecular weight is 253 g/mol. The lowest BCUT2D eigenvalue weighted by Gasteiger charge is -2.16. The summed E-state index contributed by atoms with van der Waals surface area (Å²) in [5, 5.41) is 4.86. The molecule has 0 aliphatic carbocycles. The summed E-state index contributed by atoms with van der Waals surface area (Å²) in [7, 11) is 1.70. The summed E-state index contributed by atoms with van der Waals surface area (Å²) in [6.45, 7) is 0.776. The van der Waals surface area contributed by atoms with Gasteiger partial charge in [0.1, 0.15) is 6.61 Å². The van der Waals surface area contributed by atoms with E-state index in [4.69, 9.17) is 0 Å². The quantitative estimate of drug-likeness (QED) is 0.871. The van der Waals surface area contributed by atoms with Crippen LogP contribution in [0.15, 0.2) is 11.4 Å². The van der Waals surface area contributed by atoms with Crippen LogP contribution < -0.4 is 5.32 Å². The fourth-order valence-electron chi connectivity index (χ4n) is 1.29. The van der Waals surface area contributed by atoms with Gasteiger partial charge in [-0.1, -0.05) is 0 Å². The molecule has 1 aromatic rings. The Morgan fingerprint density at radius 2 is 2.19 bits per heavy atom. The summed E-state index contributed by atoms with van der Waals surface area (Å²) < 4.78 is 40.3. The van der Waals surface area contributed by atoms with Crippen LogP contribution in [-0.2, 0) is 4.74 Å². The highest BCUT2D eigenvalue weighted by molar-refractivity contribution is 7.10. The van der Waals surface area contributed by atoms with Crippen LogP contribution in [0.4, 0.5) is 13.2 Å². The first-order chi connectivity index (χ1) is 7.42. The smallest absolute Gasteiger partial charge is 0.370 e. The van der Waals surface area contributed by atoms with Gasteiger partial charge in [-0.05, 0) is 31.0 Å². The fraction of sp³-hybridized carbons (Fsp3) is 0.600. The number of alkyl halides is 3. The summed E-state index contributed by atoms with van der Waals surface area (Å²) in [6, 6.07) is 1.76. The maximum Gasteiger partial charge on any atom is 0.411 e. The van der Waals surface area contributed by atoms with Crippen molar-refractivity contribution in [2.75, 3.05) is 20.3 Å². The number of likely N-dealkylation sites (N-methyl/N-ethyl adjacent to an activating group) is 1. The third-order valence-electron chi connectivity index (χ3n) is 2.05. The molecule has 0 bridgehead atoms. The SMILES string of the molecule is CNC(COCC(F)(F)F)c1csc(C)c1. The van der Waals surface area contributed by atoms with Gasteiger partial charge in [0.25, 0.3) is 0 Å². The maximum absolute atomic E-state index is 11.9. The molecular weight excluding hydrogens is 239 g/mol. The molecule has 1 aromatic heterocycles. The van der Waals surface area contributed by atoms with Crippen molar-refractivity contribution >= 4 is 11.3 Å². The summed E-state index contributed by atoms with van der Waals surface area (Å²) >= 11 is 1.57. The first-order valence-electron chi connectivity index (χ1n) is 4.79. The molecule has 1 atom stereocenters. The van der Waals surface area contributed by atoms with E-state index >= 15 is 0 Å². The minimum atomic E-state index is -4.26. The van der Waals surface area contributed by atoms with Crippen LogP contribution in [-0.4, -0.2) is 26.4 Å². The van der Waals surface area contributed by atoms with Gasteiger partial charge in [0.15, 0.2) is 0 Å². The van der Waals surface area contributed by atoms with Crippen LogP contribution in [0.3, 0.4) is 0 Å². The van der Waals surface area contributed by atoms with Gasteiger partial charge in [0.2, 0.25) is 0 Å². The molecule has 1 unspecified atom stereocenters. The van der Waals surface area contributed by atoms with E-state index in [0.717, 1.165) is 10.4 Å². The molecule has 0 spiro atoms. The highest BCUT2D eigenvalue weighted by atomic mass is 32.1. The standard InChI is InChI=1S/C10H14F3NOS/c1-7-3-8(5-16-7)9(14-2)4-15-6-10(11,12)13/h3,5,9,14H,4,6H2,1-2H3. The summed E-state index contributed by atoms with van der Waals surface area (Å²) in [6.07, 6.45) is -4.26. The third-order valence-corrected chi connectivity index (χ3v) is 2.93. The Morgan fingerprint density at radius 3 is 2.62 bits per heavy atom. The van der Waals surface area contributed by atoms with Crippen LogP contribution in [0, 0.1) is 6.92 Å². The highest BCUT2D eigenvalue weighted by Gasteiger charge is 2.28. The number of halogens is 3. The molecule has 0 saturated heterocycles. The number of rotatable bonds is 5. The van der Waals surface area contributed by atoms with E-state index in [1.807, 2.05) is 18.4 Å². The van der Waals surface area contributed by atoms with Gasteiger partial charge < -0.3 is 10.1 Å². The van der Waals surface area contributed by atoms with Crippen molar-refractivity contribution < 1.29 is 17.9 Å². The Bertz CT molecular complexity index is 324. The van der Waals surface area contributed by atoms with E-state index in [0.29, 0.717) is 0 Å². The first-order valence-corrected chi connectivity index (χ1v) is 5.67. The number of hydrogen-bond acceptors (Lipinski definition) is 3. The van der Waals surface area contributed by atoms with Crippen molar-refractivity contribution in [1.82, 2.24) is 5.32 Å². The Balaban J connectivity index is 2.44. The van der Waals surface area contributed by atoms with Crippen LogP contribution in [0.5, 0.6) is 0 Å². The Labute approximate surface area is 96.4 Å². The Kier molecular flexibility index (Phi) is 4.76. The normalized spacial score (nSPS) is 14.1. The van der Waals surface area contributed by atoms with Crippen molar-refractivity contribution in [3.8, 4) is 0 Å². The van der Waals surface area contributed by atoms with E-state index in [1.165, 1.54) is 0 Å². The van der Waals surface area contributed by atoms with Crippen LogP contribution in [0.2, 0.25) is 0 Å². The molecular formula is C10H14F3NOS. The van der Waals surface area contributed by atoms with Gasteiger partial charge in [-0.3, -0.25) is 0 Å². The summed E-state index contributed by atoms with van der Waals surface area (Å²) in [5.74, 6) is 0. The molecule has 1 rings (SSSR count). The molecule has 16 heavy (non-hydrogen) atoms. The topological polar surface area (TPSA) is 21.3 Å². The predicted molar refractivity (Wildman–Crippen MR) is 57.7 cm³/mol.